The molecule has 4 nitrogen and oxygen atoms in total. The van der Waals surface area contributed by atoms with Gasteiger partial charge in [0, 0.05) is 6.42 Å². The first kappa shape index (κ1) is 70.8. The quantitative estimate of drug-likeness (QED) is 0.0420. The summed E-state index contributed by atoms with van der Waals surface area (Å²) in [4.78, 5) is 12.5. The number of carbonyl (C=O) groups excluding carboxylic acids is 1. The van der Waals surface area contributed by atoms with Crippen molar-refractivity contribution in [2.45, 2.75) is 353 Å². The molecule has 0 aliphatic carbocycles. The number of amides is 1. The maximum atomic E-state index is 12.5. The summed E-state index contributed by atoms with van der Waals surface area (Å²) in [5.41, 5.74) is 0. The van der Waals surface area contributed by atoms with Crippen LogP contribution >= 0.6 is 0 Å². The van der Waals surface area contributed by atoms with Gasteiger partial charge in [0.2, 0.25) is 5.91 Å². The van der Waals surface area contributed by atoms with E-state index in [0.29, 0.717) is 6.42 Å². The Balaban J connectivity index is 3.44. The maximum absolute atomic E-state index is 12.5. The summed E-state index contributed by atoms with van der Waals surface area (Å²) in [6, 6.07) is -0.640. The average molecular weight is 1020 g/mol. The van der Waals surface area contributed by atoms with Gasteiger partial charge in [0.25, 0.3) is 0 Å². The molecule has 3 N–H and O–H groups in total. The van der Waals surface area contributed by atoms with Crippen LogP contribution in [-0.2, 0) is 4.79 Å². The smallest absolute Gasteiger partial charge is 0.220 e. The Morgan fingerprint density at radius 2 is 0.616 bits per heavy atom. The van der Waals surface area contributed by atoms with Crippen molar-refractivity contribution in [1.29, 1.82) is 0 Å². The van der Waals surface area contributed by atoms with E-state index >= 15 is 0 Å². The van der Waals surface area contributed by atoms with Gasteiger partial charge in [0.1, 0.15) is 0 Å². The number of nitrogens with one attached hydrogen (secondary N) is 1. The number of aliphatic hydroxyl groups excluding tert-OH is 2. The SMILES string of the molecule is CC/C=C\C/C=C\C/C=C\C/C=C\CCCCCCCCCCCCCCCCCCCCCCCCCCCCC(=O)NC(CO)C(O)/C=C/CC/C=C/CCCCCCCCCCCCCCCCCC. The van der Waals surface area contributed by atoms with Gasteiger partial charge >= 0.3 is 0 Å². The molecule has 2 unspecified atom stereocenters. The number of hydrogen-bond acceptors (Lipinski definition) is 3. The molecule has 0 rings (SSSR count). The Bertz CT molecular complexity index is 1250. The van der Waals surface area contributed by atoms with Crippen molar-refractivity contribution in [1.82, 2.24) is 5.32 Å². The molecule has 4 heteroatoms. The number of rotatable bonds is 60. The molecule has 0 aromatic heterocycles. The summed E-state index contributed by atoms with van der Waals surface area (Å²) < 4.78 is 0. The second-order valence-electron chi connectivity index (χ2n) is 22.1. The molecule has 426 valence electrons. The first-order valence-corrected chi connectivity index (χ1v) is 32.7. The van der Waals surface area contributed by atoms with E-state index in [9.17, 15) is 15.0 Å². The van der Waals surface area contributed by atoms with E-state index < -0.39 is 12.1 Å². The Morgan fingerprint density at radius 1 is 0.342 bits per heavy atom. The van der Waals surface area contributed by atoms with Crippen molar-refractivity contribution >= 4 is 5.91 Å². The minimum Gasteiger partial charge on any atom is -0.394 e. The third kappa shape index (κ3) is 60.6. The summed E-state index contributed by atoms with van der Waals surface area (Å²) in [6.07, 6.45) is 92.6. The topological polar surface area (TPSA) is 69.6 Å². The monoisotopic (exact) mass is 1020 g/mol. The molecule has 73 heavy (non-hydrogen) atoms. The molecule has 0 aliphatic heterocycles. The standard InChI is InChI=1S/C69H127NO3/c1-3-5-7-9-11-13-15-17-19-21-23-25-27-28-29-30-31-32-33-34-35-36-37-38-39-40-41-42-43-45-47-49-51-53-55-57-59-61-63-65-69(73)70-67(66-71)68(72)64-62-60-58-56-54-52-50-48-46-44-26-24-22-20-18-16-14-12-10-8-6-4-2/h5,7,11,13,17,19,23,25,54,56,62,64,67-68,71-72H,3-4,6,8-10,12,14-16,18,20-22,24,26-53,55,57-61,63,65-66H2,1-2H3,(H,70,73)/b7-5-,13-11-,19-17-,25-23-,56-54+,64-62+. The van der Waals surface area contributed by atoms with Crippen LogP contribution in [0.4, 0.5) is 0 Å². The Hall–Kier alpha value is -2.17. The van der Waals surface area contributed by atoms with Crippen molar-refractivity contribution in [2.75, 3.05) is 6.61 Å². The van der Waals surface area contributed by atoms with Crippen molar-refractivity contribution in [3.63, 3.8) is 0 Å². The second-order valence-corrected chi connectivity index (χ2v) is 22.1. The van der Waals surface area contributed by atoms with E-state index in [-0.39, 0.29) is 12.5 Å². The fourth-order valence-corrected chi connectivity index (χ4v) is 10.0. The number of hydrogen-bond donors (Lipinski definition) is 3. The van der Waals surface area contributed by atoms with Crippen LogP contribution in [0.1, 0.15) is 341 Å². The molecule has 0 bridgehead atoms. The van der Waals surface area contributed by atoms with Gasteiger partial charge in [-0.2, -0.15) is 0 Å². The van der Waals surface area contributed by atoms with Crippen LogP contribution in [-0.4, -0.2) is 34.9 Å². The van der Waals surface area contributed by atoms with Gasteiger partial charge in [0.05, 0.1) is 18.8 Å². The number of aliphatic hydroxyl groups is 2. The van der Waals surface area contributed by atoms with Crippen LogP contribution in [0.2, 0.25) is 0 Å². The summed E-state index contributed by atoms with van der Waals surface area (Å²) in [5, 5.41) is 23.2. The molecule has 2 atom stereocenters. The Labute approximate surface area is 457 Å². The van der Waals surface area contributed by atoms with Gasteiger partial charge in [0.15, 0.2) is 0 Å². The van der Waals surface area contributed by atoms with Gasteiger partial charge in [-0.15, -0.1) is 0 Å². The predicted octanol–water partition coefficient (Wildman–Crippen LogP) is 22.1. The molecule has 0 saturated carbocycles. The minimum absolute atomic E-state index is 0.0681. The zero-order valence-electron chi connectivity index (χ0n) is 49.2. The van der Waals surface area contributed by atoms with Gasteiger partial charge in [-0.3, -0.25) is 4.79 Å². The van der Waals surface area contributed by atoms with Crippen molar-refractivity contribution in [3.8, 4) is 0 Å². The van der Waals surface area contributed by atoms with E-state index in [0.717, 1.165) is 57.8 Å². The van der Waals surface area contributed by atoms with Crippen molar-refractivity contribution in [3.05, 3.63) is 72.9 Å². The molecule has 0 saturated heterocycles. The number of allylic oxidation sites excluding steroid dienone is 11. The zero-order chi connectivity index (χ0) is 52.7. The normalized spacial score (nSPS) is 13.2. The minimum atomic E-state index is -0.863. The van der Waals surface area contributed by atoms with Crippen molar-refractivity contribution < 1.29 is 15.0 Å². The van der Waals surface area contributed by atoms with Gasteiger partial charge in [-0.05, 0) is 70.6 Å². The van der Waals surface area contributed by atoms with Crippen LogP contribution in [0.5, 0.6) is 0 Å². The van der Waals surface area contributed by atoms with E-state index in [1.165, 1.54) is 263 Å². The molecule has 0 heterocycles. The highest BCUT2D eigenvalue weighted by molar-refractivity contribution is 5.76. The summed E-state index contributed by atoms with van der Waals surface area (Å²) >= 11 is 0. The highest BCUT2D eigenvalue weighted by atomic mass is 16.3. The molecule has 0 spiro atoms. The fraction of sp³-hybridized carbons (Fsp3) is 0.812. The summed E-state index contributed by atoms with van der Waals surface area (Å²) in [5.74, 6) is -0.0681. The lowest BCUT2D eigenvalue weighted by atomic mass is 10.0. The van der Waals surface area contributed by atoms with E-state index in [1.807, 2.05) is 6.08 Å². The van der Waals surface area contributed by atoms with Gasteiger partial charge in [-0.1, -0.05) is 337 Å². The first-order chi connectivity index (χ1) is 36.2. The second kappa shape index (κ2) is 64.1. The van der Waals surface area contributed by atoms with Crippen LogP contribution < -0.4 is 5.32 Å². The molecule has 1 amide bonds. The molecular formula is C69H127NO3. The van der Waals surface area contributed by atoms with E-state index in [2.05, 4.69) is 79.9 Å². The molecule has 0 aliphatic rings. The third-order valence-corrected chi connectivity index (χ3v) is 14.9. The number of unbranched alkanes of at least 4 members (excludes halogenated alkanes) is 43. The first-order valence-electron chi connectivity index (χ1n) is 32.7. The highest BCUT2D eigenvalue weighted by Gasteiger charge is 2.18. The molecule has 0 radical (unpaired) electrons. The van der Waals surface area contributed by atoms with Crippen LogP contribution in [0.15, 0.2) is 72.9 Å². The predicted molar refractivity (Wildman–Crippen MR) is 327 cm³/mol. The van der Waals surface area contributed by atoms with Crippen LogP contribution in [0.3, 0.4) is 0 Å². The lowest BCUT2D eigenvalue weighted by molar-refractivity contribution is -0.123. The molecule has 0 fully saturated rings. The van der Waals surface area contributed by atoms with Crippen LogP contribution in [0, 0.1) is 0 Å². The van der Waals surface area contributed by atoms with Gasteiger partial charge in [-0.25, -0.2) is 0 Å². The molecule has 0 aromatic rings. The van der Waals surface area contributed by atoms with Crippen LogP contribution in [0.25, 0.3) is 0 Å². The highest BCUT2D eigenvalue weighted by Crippen LogP contribution is 2.18. The largest absolute Gasteiger partial charge is 0.394 e. The van der Waals surface area contributed by atoms with Crippen molar-refractivity contribution in [2.24, 2.45) is 0 Å². The zero-order valence-corrected chi connectivity index (χ0v) is 49.2. The summed E-state index contributed by atoms with van der Waals surface area (Å²) in [7, 11) is 0. The number of carbonyl (C=O) groups is 1. The van der Waals surface area contributed by atoms with Gasteiger partial charge < -0.3 is 15.5 Å². The lowest BCUT2D eigenvalue weighted by Gasteiger charge is -2.19. The Morgan fingerprint density at radius 3 is 0.959 bits per heavy atom. The maximum Gasteiger partial charge on any atom is 0.220 e. The summed E-state index contributed by atoms with van der Waals surface area (Å²) in [6.45, 7) is 4.21. The third-order valence-electron chi connectivity index (χ3n) is 14.9. The molecular weight excluding hydrogens is 891 g/mol. The molecule has 0 aromatic carbocycles. The average Bonchev–Trinajstić information content (AvgIpc) is 3.40. The van der Waals surface area contributed by atoms with E-state index in [4.69, 9.17) is 0 Å². The fourth-order valence-electron chi connectivity index (χ4n) is 10.0. The lowest BCUT2D eigenvalue weighted by Crippen LogP contribution is -2.45. The van der Waals surface area contributed by atoms with E-state index in [1.54, 1.807) is 6.08 Å². The Kier molecular flexibility index (Phi) is 62.2.